The van der Waals surface area contributed by atoms with Gasteiger partial charge in [0.15, 0.2) is 0 Å². The molecule has 0 radical (unpaired) electrons. The Labute approximate surface area is 511 Å². The van der Waals surface area contributed by atoms with Crippen molar-refractivity contribution in [2.75, 3.05) is 18.1 Å². The van der Waals surface area contributed by atoms with Crippen molar-refractivity contribution in [1.82, 2.24) is 36.1 Å². The number of aryl methyl sites for hydroxylation is 3. The second-order valence-electron chi connectivity index (χ2n) is 24.0. The molecule has 1 saturated heterocycles. The molecule has 25 heteroatoms. The predicted octanol–water partition coefficient (Wildman–Crippen LogP) is 6.36. The number of para-hydroxylation sites is 1. The van der Waals surface area contributed by atoms with E-state index < -0.39 is 102 Å². The number of β-amino-alcohol motifs (C(OH)–C–C–N with tert-alkyl or cyclic N) is 1. The van der Waals surface area contributed by atoms with Crippen LogP contribution in [0.2, 0.25) is 0 Å². The van der Waals surface area contributed by atoms with Crippen molar-refractivity contribution >= 4 is 82.4 Å². The third-order valence-corrected chi connectivity index (χ3v) is 18.1. The van der Waals surface area contributed by atoms with E-state index in [2.05, 4.69) is 31.2 Å². The SMILES string of the molecule is Cc1ncsc1-c1ccc([C@H](C)NC(=O)[C@@H]2C[C@@H](O)CN2C(=O)[C@@H](NC(=O)CCCCCc2cc(F)cc(OC[C@H](CCC(N)=O)NC(=O)[C@@H]3Cc4cccc5c4N3C(=O)[C@@H](NC(=O)c3cc4cc(C(=O)P(=O)(O)O)ccc4[nH]3)CC5)c2)C(C)(C)C)cc1. The highest BCUT2D eigenvalue weighted by atomic mass is 32.1. The number of halogens is 1. The Hall–Kier alpha value is -8.15. The van der Waals surface area contributed by atoms with Crippen LogP contribution in [0.1, 0.15) is 134 Å². The fourth-order valence-electron chi connectivity index (χ4n) is 11.7. The molecular weight excluding hydrogens is 1170 g/mol. The molecule has 3 aliphatic rings. The van der Waals surface area contributed by atoms with Gasteiger partial charge < -0.3 is 56.5 Å². The van der Waals surface area contributed by atoms with Crippen molar-refractivity contribution in [3.8, 4) is 16.2 Å². The molecule has 3 aliphatic heterocycles. The molecule has 0 saturated carbocycles. The first-order chi connectivity index (χ1) is 41.7. The molecule has 466 valence electrons. The van der Waals surface area contributed by atoms with E-state index in [1.807, 2.05) is 77.1 Å². The second kappa shape index (κ2) is 27.1. The van der Waals surface area contributed by atoms with E-state index in [-0.39, 0.29) is 74.6 Å². The lowest BCUT2D eigenvalue weighted by Crippen LogP contribution is -2.57. The molecule has 2 aromatic heterocycles. The minimum atomic E-state index is -5.07. The van der Waals surface area contributed by atoms with Crippen LogP contribution in [0.5, 0.6) is 5.75 Å². The number of likely N-dealkylation sites (tertiary alicyclic amines) is 1. The maximum atomic E-state index is 15.2. The fraction of sp³-hybridized carbons (Fsp3) is 0.413. The van der Waals surface area contributed by atoms with Crippen molar-refractivity contribution in [3.63, 3.8) is 0 Å². The first kappa shape index (κ1) is 64.3. The number of nitrogens with two attached hydrogens (primary N) is 1. The summed E-state index contributed by atoms with van der Waals surface area (Å²) in [7, 11) is -5.07. The van der Waals surface area contributed by atoms with Gasteiger partial charge in [0.05, 0.1) is 40.0 Å². The van der Waals surface area contributed by atoms with Crippen molar-refractivity contribution in [1.29, 1.82) is 0 Å². The van der Waals surface area contributed by atoms with Crippen LogP contribution in [0.25, 0.3) is 21.3 Å². The molecule has 7 atom stereocenters. The van der Waals surface area contributed by atoms with Gasteiger partial charge in [0, 0.05) is 54.8 Å². The number of carbonyl (C=O) groups excluding carboxylic acids is 8. The number of hydrogen-bond donors (Lipinski definition) is 9. The topological polar surface area (TPSA) is 333 Å². The van der Waals surface area contributed by atoms with Crippen LogP contribution in [-0.4, -0.2) is 126 Å². The Balaban J connectivity index is 0.769. The fourth-order valence-corrected chi connectivity index (χ4v) is 13.0. The summed E-state index contributed by atoms with van der Waals surface area (Å²) in [6.07, 6.45) is 1.80. The molecule has 4 aromatic carbocycles. The molecule has 9 rings (SSSR count). The van der Waals surface area contributed by atoms with E-state index in [4.69, 9.17) is 10.5 Å². The molecular formula is C63H73FN9O13PS. The van der Waals surface area contributed by atoms with Gasteiger partial charge in [-0.15, -0.1) is 11.3 Å². The van der Waals surface area contributed by atoms with Gasteiger partial charge in [0.2, 0.25) is 35.4 Å². The van der Waals surface area contributed by atoms with E-state index in [0.29, 0.717) is 54.3 Å². The second-order valence-corrected chi connectivity index (χ2v) is 26.4. The Bertz CT molecular complexity index is 3710. The van der Waals surface area contributed by atoms with Gasteiger partial charge in [-0.25, -0.2) is 9.37 Å². The lowest BCUT2D eigenvalue weighted by atomic mass is 9.85. The number of hydrogen-bond acceptors (Lipinski definition) is 13. The van der Waals surface area contributed by atoms with E-state index in [1.165, 1.54) is 46.2 Å². The van der Waals surface area contributed by atoms with Crippen molar-refractivity contribution < 1.29 is 66.9 Å². The van der Waals surface area contributed by atoms with Crippen LogP contribution in [0, 0.1) is 18.2 Å². The normalized spacial score (nSPS) is 18.4. The minimum absolute atomic E-state index is 0.0109. The number of H-pyrrole nitrogens is 1. The minimum Gasteiger partial charge on any atom is -0.491 e. The Morgan fingerprint density at radius 2 is 1.65 bits per heavy atom. The van der Waals surface area contributed by atoms with Crippen molar-refractivity contribution in [3.05, 3.63) is 135 Å². The molecule has 10 N–H and O–H groups in total. The Morgan fingerprint density at radius 1 is 0.909 bits per heavy atom. The number of primary amides is 1. The van der Waals surface area contributed by atoms with Gasteiger partial charge in [-0.3, -0.25) is 47.8 Å². The molecule has 6 aromatic rings. The Morgan fingerprint density at radius 3 is 2.35 bits per heavy atom. The number of benzene rings is 4. The number of nitrogens with zero attached hydrogens (tertiary/aromatic N) is 3. The van der Waals surface area contributed by atoms with Crippen molar-refractivity contribution in [2.45, 2.75) is 148 Å². The number of anilines is 1. The van der Waals surface area contributed by atoms with Crippen LogP contribution in [0.3, 0.4) is 0 Å². The van der Waals surface area contributed by atoms with Gasteiger partial charge in [0.1, 0.15) is 48.0 Å². The number of unbranched alkanes of at least 4 members (excludes halogenated alkanes) is 2. The van der Waals surface area contributed by atoms with Gasteiger partial charge in [-0.2, -0.15) is 0 Å². The third-order valence-electron chi connectivity index (χ3n) is 16.3. The van der Waals surface area contributed by atoms with Gasteiger partial charge in [-0.05, 0) is 122 Å². The summed E-state index contributed by atoms with van der Waals surface area (Å²) in [6.45, 7) is 8.98. The van der Waals surface area contributed by atoms with Crippen LogP contribution >= 0.6 is 18.9 Å². The number of amides is 7. The van der Waals surface area contributed by atoms with E-state index in [0.717, 1.165) is 32.8 Å². The van der Waals surface area contributed by atoms with Gasteiger partial charge >= 0.3 is 7.60 Å². The zero-order valence-corrected chi connectivity index (χ0v) is 51.2. The number of carbonyl (C=O) groups is 8. The summed E-state index contributed by atoms with van der Waals surface area (Å²) in [5, 5.41) is 22.7. The zero-order chi connectivity index (χ0) is 63.4. The lowest BCUT2D eigenvalue weighted by Gasteiger charge is -2.35. The number of thiazole rings is 1. The first-order valence-electron chi connectivity index (χ1n) is 29.3. The third kappa shape index (κ3) is 15.2. The van der Waals surface area contributed by atoms with Crippen molar-refractivity contribution in [2.24, 2.45) is 11.1 Å². The predicted molar refractivity (Wildman–Crippen MR) is 326 cm³/mol. The van der Waals surface area contributed by atoms with Gasteiger partial charge in [0.25, 0.3) is 11.4 Å². The summed E-state index contributed by atoms with van der Waals surface area (Å²) in [5.41, 5.74) is 10.9. The van der Waals surface area contributed by atoms with E-state index in [1.54, 1.807) is 22.9 Å². The maximum Gasteiger partial charge on any atom is 0.396 e. The molecule has 1 fully saturated rings. The average molecular weight is 1250 g/mol. The number of nitrogens with one attached hydrogen (secondary N) is 5. The molecule has 5 heterocycles. The highest BCUT2D eigenvalue weighted by Crippen LogP contribution is 2.41. The maximum absolute atomic E-state index is 15.2. The molecule has 0 aliphatic carbocycles. The summed E-state index contributed by atoms with van der Waals surface area (Å²) in [6, 6.07) is 17.4. The molecule has 88 heavy (non-hydrogen) atoms. The van der Waals surface area contributed by atoms with E-state index in [9.17, 15) is 57.8 Å². The molecule has 0 spiro atoms. The quantitative estimate of drug-likeness (QED) is 0.0235. The number of aliphatic hydroxyl groups is 1. The number of aromatic amines is 1. The molecule has 22 nitrogen and oxygen atoms in total. The van der Waals surface area contributed by atoms with Crippen LogP contribution in [0.15, 0.2) is 90.4 Å². The summed E-state index contributed by atoms with van der Waals surface area (Å²) >= 11 is 1.55. The number of rotatable bonds is 24. The smallest absolute Gasteiger partial charge is 0.396 e. The summed E-state index contributed by atoms with van der Waals surface area (Å²) < 4.78 is 32.9. The largest absolute Gasteiger partial charge is 0.491 e. The molecule has 0 bridgehead atoms. The lowest BCUT2D eigenvalue weighted by molar-refractivity contribution is -0.144. The molecule has 7 amide bonds. The summed E-state index contributed by atoms with van der Waals surface area (Å²) in [5.74, 6) is -4.10. The number of fused-ring (bicyclic) bond motifs is 1. The van der Waals surface area contributed by atoms with Gasteiger partial charge in [-0.1, -0.05) is 69.7 Å². The highest BCUT2D eigenvalue weighted by Gasteiger charge is 2.46. The van der Waals surface area contributed by atoms with Crippen LogP contribution in [-0.2, 0) is 52.6 Å². The molecule has 0 unspecified atom stereocenters. The average Bonchev–Trinajstić information content (AvgIpc) is 1.91. The van der Waals surface area contributed by atoms with Crippen LogP contribution in [0.4, 0.5) is 10.1 Å². The first-order valence-corrected chi connectivity index (χ1v) is 31.8. The number of aromatic nitrogens is 2. The summed E-state index contributed by atoms with van der Waals surface area (Å²) in [4.78, 5) is 138. The highest BCUT2D eigenvalue weighted by molar-refractivity contribution is 7.70. The number of ether oxygens (including phenoxy) is 1. The monoisotopic (exact) mass is 1250 g/mol. The standard InChI is InChI=1S/C63H73FN9O13PS/c1-34(37-14-16-39(17-15-37)55-35(2)66-33-88-55)67-58(78)50-30-45(74)31-72(50)61(81)56(63(3,4)5)71-53(76)13-8-6-7-10-36-24-43(64)29-46(25-36)86-32-44(20-23-52(65)75)68-59(79)51-28-40-12-9-11-38-18-22-48(60(80)73(51)54(38)40)70-57(77)49-27-42-26-41(19-21-47(42)69-49)62(82)87(83,84)85/h9,11-12,14-17,19,21,24-27,29,33-34,44-45,48,50-51,56,69,74H,6-8,10,13,18,20,22-23,28,30-32H2,1-5H3,(H2,65,75)(H,67,78)(H,68,79)(H,70,77)(H,71,76)(H2,83,84,85)/t34-,44-,45+,48-,50-,51-,56+/m0/s1. The zero-order valence-electron chi connectivity index (χ0n) is 49.5. The number of aliphatic hydroxyl groups excluding tert-OH is 1. The Kier molecular flexibility index (Phi) is 19.8. The van der Waals surface area contributed by atoms with Crippen LogP contribution < -0.4 is 36.6 Å². The van der Waals surface area contributed by atoms with E-state index >= 15 is 4.39 Å².